The highest BCUT2D eigenvalue weighted by Crippen LogP contribution is 2.41. The van der Waals surface area contributed by atoms with Gasteiger partial charge in [-0.3, -0.25) is 0 Å². The first-order valence-corrected chi connectivity index (χ1v) is 7.31. The molecule has 1 fully saturated rings. The second-order valence-electron chi connectivity index (χ2n) is 5.33. The van der Waals surface area contributed by atoms with Crippen molar-refractivity contribution in [2.45, 2.75) is 38.3 Å². The van der Waals surface area contributed by atoms with Crippen molar-refractivity contribution >= 4 is 0 Å². The van der Waals surface area contributed by atoms with E-state index in [1.165, 1.54) is 7.11 Å². The normalized spacial score (nSPS) is 17.8. The average molecular weight is 281 g/mol. The fourth-order valence-electron chi connectivity index (χ4n) is 2.65. The Hall–Kier alpha value is -1.13. The van der Waals surface area contributed by atoms with E-state index >= 15 is 0 Å². The summed E-state index contributed by atoms with van der Waals surface area (Å²) in [6.45, 7) is 2.94. The van der Waals surface area contributed by atoms with Gasteiger partial charge in [0, 0.05) is 12.7 Å². The topological polar surface area (TPSA) is 30.5 Å². The summed E-state index contributed by atoms with van der Waals surface area (Å²) >= 11 is 0. The van der Waals surface area contributed by atoms with Crippen molar-refractivity contribution in [2.24, 2.45) is 5.92 Å². The van der Waals surface area contributed by atoms with Gasteiger partial charge >= 0.3 is 0 Å². The van der Waals surface area contributed by atoms with Crippen LogP contribution in [-0.4, -0.2) is 26.9 Å². The summed E-state index contributed by atoms with van der Waals surface area (Å²) < 4.78 is 25.2. The molecule has 2 unspecified atom stereocenters. The number of methoxy groups -OCH3 is 2. The van der Waals surface area contributed by atoms with Crippen LogP contribution in [0, 0.1) is 11.7 Å². The molecule has 0 saturated heterocycles. The molecular formula is C16H24FNO2. The monoisotopic (exact) mass is 281 g/mol. The van der Waals surface area contributed by atoms with Gasteiger partial charge in [-0.15, -0.1) is 0 Å². The van der Waals surface area contributed by atoms with E-state index in [1.807, 2.05) is 12.1 Å². The number of hydrogen-bond acceptors (Lipinski definition) is 3. The lowest BCUT2D eigenvalue weighted by Crippen LogP contribution is -2.36. The van der Waals surface area contributed by atoms with Crippen LogP contribution in [0.3, 0.4) is 0 Å². The van der Waals surface area contributed by atoms with Gasteiger partial charge in [0.05, 0.1) is 19.3 Å². The number of rotatable bonds is 8. The third kappa shape index (κ3) is 3.30. The third-order valence-electron chi connectivity index (χ3n) is 3.85. The number of hydrogen-bond donors (Lipinski definition) is 1. The Labute approximate surface area is 120 Å². The summed E-state index contributed by atoms with van der Waals surface area (Å²) in [5, 5.41) is 3.43. The summed E-state index contributed by atoms with van der Waals surface area (Å²) in [4.78, 5) is 0. The van der Waals surface area contributed by atoms with Gasteiger partial charge in [-0.25, -0.2) is 4.39 Å². The maximum Gasteiger partial charge on any atom is 0.169 e. The zero-order valence-electron chi connectivity index (χ0n) is 12.5. The van der Waals surface area contributed by atoms with E-state index in [4.69, 9.17) is 9.47 Å². The molecule has 0 heterocycles. The van der Waals surface area contributed by atoms with E-state index in [0.29, 0.717) is 11.5 Å². The highest BCUT2D eigenvalue weighted by molar-refractivity contribution is 5.34. The minimum Gasteiger partial charge on any atom is -0.494 e. The van der Waals surface area contributed by atoms with Gasteiger partial charge in [-0.1, -0.05) is 19.1 Å². The van der Waals surface area contributed by atoms with Crippen LogP contribution in [0.5, 0.6) is 5.75 Å². The van der Waals surface area contributed by atoms with Crippen molar-refractivity contribution in [1.82, 2.24) is 5.32 Å². The largest absolute Gasteiger partial charge is 0.494 e. The van der Waals surface area contributed by atoms with Gasteiger partial charge in [-0.2, -0.15) is 0 Å². The molecule has 3 nitrogen and oxygen atoms in total. The molecule has 0 radical (unpaired) electrons. The molecule has 1 aromatic carbocycles. The quantitative estimate of drug-likeness (QED) is 0.793. The summed E-state index contributed by atoms with van der Waals surface area (Å²) in [7, 11) is 3.20. The Bertz CT molecular complexity index is 434. The van der Waals surface area contributed by atoms with E-state index in [2.05, 4.69) is 12.2 Å². The molecule has 20 heavy (non-hydrogen) atoms. The maximum absolute atomic E-state index is 14.5. The highest BCUT2D eigenvalue weighted by Gasteiger charge is 2.38. The first-order chi connectivity index (χ1) is 9.72. The summed E-state index contributed by atoms with van der Waals surface area (Å²) in [5.74, 6) is 0.530. The van der Waals surface area contributed by atoms with Gasteiger partial charge in [0.2, 0.25) is 0 Å². The Kier molecular flexibility index (Phi) is 5.38. The summed E-state index contributed by atoms with van der Waals surface area (Å²) in [5.41, 5.74) is 0.636. The average Bonchev–Trinajstić information content (AvgIpc) is 3.29. The lowest BCUT2D eigenvalue weighted by atomic mass is 9.97. The molecule has 2 atom stereocenters. The van der Waals surface area contributed by atoms with Crippen molar-refractivity contribution in [2.75, 3.05) is 20.8 Å². The van der Waals surface area contributed by atoms with E-state index < -0.39 is 0 Å². The minimum absolute atomic E-state index is 0.0168. The zero-order chi connectivity index (χ0) is 14.5. The number of nitrogens with one attached hydrogen (secondary N) is 1. The van der Waals surface area contributed by atoms with Gasteiger partial charge < -0.3 is 14.8 Å². The molecule has 0 aromatic heterocycles. The van der Waals surface area contributed by atoms with Crippen LogP contribution in [0.4, 0.5) is 4.39 Å². The smallest absolute Gasteiger partial charge is 0.169 e. The fraction of sp³-hybridized carbons (Fsp3) is 0.625. The first kappa shape index (κ1) is 15.3. The molecule has 0 amide bonds. The molecule has 1 saturated carbocycles. The number of ether oxygens (including phenoxy) is 2. The van der Waals surface area contributed by atoms with Crippen molar-refractivity contribution in [1.29, 1.82) is 0 Å². The molecule has 0 spiro atoms. The predicted molar refractivity (Wildman–Crippen MR) is 77.5 cm³/mol. The van der Waals surface area contributed by atoms with Crippen LogP contribution in [-0.2, 0) is 4.74 Å². The standard InChI is InChI=1S/C16H24FNO2/c1-4-10-18-15(16(20-3)11-8-9-11)12-6-5-7-13(19-2)14(12)17/h5-7,11,15-16,18H,4,8-10H2,1-3H3. The molecule has 4 heteroatoms. The Morgan fingerprint density at radius 1 is 1.35 bits per heavy atom. The Morgan fingerprint density at radius 2 is 2.10 bits per heavy atom. The molecule has 1 aromatic rings. The van der Waals surface area contributed by atoms with Crippen LogP contribution >= 0.6 is 0 Å². The van der Waals surface area contributed by atoms with Crippen LogP contribution in [0.15, 0.2) is 18.2 Å². The highest BCUT2D eigenvalue weighted by atomic mass is 19.1. The number of halogens is 1. The van der Waals surface area contributed by atoms with Crippen LogP contribution in [0.1, 0.15) is 37.8 Å². The van der Waals surface area contributed by atoms with E-state index in [0.717, 1.165) is 25.8 Å². The first-order valence-electron chi connectivity index (χ1n) is 7.31. The van der Waals surface area contributed by atoms with E-state index in [9.17, 15) is 4.39 Å². The molecule has 0 aliphatic heterocycles. The van der Waals surface area contributed by atoms with Crippen LogP contribution in [0.2, 0.25) is 0 Å². The van der Waals surface area contributed by atoms with E-state index in [-0.39, 0.29) is 23.7 Å². The maximum atomic E-state index is 14.5. The second-order valence-corrected chi connectivity index (χ2v) is 5.33. The Morgan fingerprint density at radius 3 is 2.65 bits per heavy atom. The van der Waals surface area contributed by atoms with E-state index in [1.54, 1.807) is 13.2 Å². The minimum atomic E-state index is -0.286. The molecular weight excluding hydrogens is 257 g/mol. The zero-order valence-corrected chi connectivity index (χ0v) is 12.5. The van der Waals surface area contributed by atoms with Crippen LogP contribution in [0.25, 0.3) is 0 Å². The molecule has 2 rings (SSSR count). The molecule has 1 N–H and O–H groups in total. The van der Waals surface area contributed by atoms with Gasteiger partial charge in [-0.05, 0) is 37.8 Å². The summed E-state index contributed by atoms with van der Waals surface area (Å²) in [6.07, 6.45) is 3.34. The second kappa shape index (κ2) is 7.04. The summed E-state index contributed by atoms with van der Waals surface area (Å²) in [6, 6.07) is 5.17. The van der Waals surface area contributed by atoms with Gasteiger partial charge in [0.15, 0.2) is 11.6 Å². The van der Waals surface area contributed by atoms with Crippen molar-refractivity contribution in [3.05, 3.63) is 29.6 Å². The SMILES string of the molecule is CCCNC(c1cccc(OC)c1F)C(OC)C1CC1. The van der Waals surface area contributed by atoms with Gasteiger partial charge in [0.1, 0.15) is 0 Å². The molecule has 1 aliphatic carbocycles. The van der Waals surface area contributed by atoms with Crippen LogP contribution < -0.4 is 10.1 Å². The van der Waals surface area contributed by atoms with Crippen molar-refractivity contribution < 1.29 is 13.9 Å². The van der Waals surface area contributed by atoms with Crippen molar-refractivity contribution in [3.63, 3.8) is 0 Å². The molecule has 1 aliphatic rings. The molecule has 0 bridgehead atoms. The lowest BCUT2D eigenvalue weighted by molar-refractivity contribution is 0.0494. The number of benzene rings is 1. The van der Waals surface area contributed by atoms with Gasteiger partial charge in [0.25, 0.3) is 0 Å². The molecule has 112 valence electrons. The Balaban J connectivity index is 2.29. The third-order valence-corrected chi connectivity index (χ3v) is 3.85. The fourth-order valence-corrected chi connectivity index (χ4v) is 2.65. The van der Waals surface area contributed by atoms with Crippen molar-refractivity contribution in [3.8, 4) is 5.75 Å². The predicted octanol–water partition coefficient (Wildman–Crippen LogP) is 3.30. The lowest BCUT2D eigenvalue weighted by Gasteiger charge is -2.28.